The van der Waals surface area contributed by atoms with Crippen molar-refractivity contribution in [3.8, 4) is 0 Å². The van der Waals surface area contributed by atoms with Crippen LogP contribution >= 0.6 is 0 Å². The van der Waals surface area contributed by atoms with E-state index in [0.29, 0.717) is 10.9 Å². The van der Waals surface area contributed by atoms with E-state index in [2.05, 4.69) is 10.4 Å². The van der Waals surface area contributed by atoms with Crippen molar-refractivity contribution in [1.82, 2.24) is 15.1 Å². The van der Waals surface area contributed by atoms with Gasteiger partial charge in [-0.05, 0) is 23.8 Å². The van der Waals surface area contributed by atoms with Crippen LogP contribution < -0.4 is 10.9 Å². The molecule has 9 heteroatoms. The van der Waals surface area contributed by atoms with Gasteiger partial charge in [-0.1, -0.05) is 30.3 Å². The van der Waals surface area contributed by atoms with Crippen LogP contribution in [0.2, 0.25) is 0 Å². The van der Waals surface area contributed by atoms with E-state index in [1.807, 2.05) is 0 Å². The highest BCUT2D eigenvalue weighted by atomic mass is 19.1. The number of rotatable bonds is 7. The zero-order chi connectivity index (χ0) is 20.8. The van der Waals surface area contributed by atoms with Crippen LogP contribution in [0.1, 0.15) is 16.1 Å². The quantitative estimate of drug-likeness (QED) is 0.574. The van der Waals surface area contributed by atoms with Crippen LogP contribution in [0.15, 0.2) is 53.3 Å². The summed E-state index contributed by atoms with van der Waals surface area (Å²) >= 11 is 0. The number of aromatic nitrogens is 2. The summed E-state index contributed by atoms with van der Waals surface area (Å²) in [5.74, 6) is -1.79. The first-order valence-electron chi connectivity index (χ1n) is 8.78. The van der Waals surface area contributed by atoms with Crippen molar-refractivity contribution >= 4 is 22.6 Å². The minimum absolute atomic E-state index is 0.0812. The number of carbonyl (C=O) groups is 2. The van der Waals surface area contributed by atoms with Crippen molar-refractivity contribution < 1.29 is 23.8 Å². The van der Waals surface area contributed by atoms with Crippen molar-refractivity contribution in [2.75, 3.05) is 13.2 Å². The second-order valence-corrected chi connectivity index (χ2v) is 6.13. The third-order valence-corrected chi connectivity index (χ3v) is 4.11. The highest BCUT2D eigenvalue weighted by Gasteiger charge is 2.18. The van der Waals surface area contributed by atoms with E-state index >= 15 is 0 Å². The fourth-order valence-corrected chi connectivity index (χ4v) is 2.69. The number of aliphatic hydroxyl groups is 1. The second kappa shape index (κ2) is 9.07. The molecule has 1 aromatic heterocycles. The molecule has 0 spiro atoms. The van der Waals surface area contributed by atoms with Gasteiger partial charge in [0.25, 0.3) is 11.5 Å². The molecule has 0 aliphatic carbocycles. The predicted octanol–water partition coefficient (Wildman–Crippen LogP) is 1.00. The number of hydrogen-bond donors (Lipinski definition) is 2. The Balaban J connectivity index is 1.69. The monoisotopic (exact) mass is 399 g/mol. The third kappa shape index (κ3) is 4.82. The molecule has 3 rings (SSSR count). The Morgan fingerprint density at radius 1 is 1.10 bits per heavy atom. The van der Waals surface area contributed by atoms with Gasteiger partial charge in [0.1, 0.15) is 5.82 Å². The van der Waals surface area contributed by atoms with Gasteiger partial charge < -0.3 is 15.2 Å². The van der Waals surface area contributed by atoms with Crippen LogP contribution in [0.25, 0.3) is 10.8 Å². The molecule has 0 bridgehead atoms. The Kier molecular flexibility index (Phi) is 6.30. The van der Waals surface area contributed by atoms with E-state index in [9.17, 15) is 18.8 Å². The molecule has 0 radical (unpaired) electrons. The Hall–Kier alpha value is -3.59. The summed E-state index contributed by atoms with van der Waals surface area (Å²) < 4.78 is 18.9. The Labute approximate surface area is 164 Å². The highest BCUT2D eigenvalue weighted by molar-refractivity contribution is 6.02. The molecule has 0 unspecified atom stereocenters. The first kappa shape index (κ1) is 20.2. The van der Waals surface area contributed by atoms with Gasteiger partial charge in [-0.3, -0.25) is 9.59 Å². The number of benzene rings is 2. The number of nitrogens with one attached hydrogen (secondary N) is 1. The van der Waals surface area contributed by atoms with Crippen molar-refractivity contribution in [1.29, 1.82) is 0 Å². The fourth-order valence-electron chi connectivity index (χ4n) is 2.69. The molecule has 0 saturated heterocycles. The zero-order valence-electron chi connectivity index (χ0n) is 15.3. The lowest BCUT2D eigenvalue weighted by Gasteiger charge is -2.10. The van der Waals surface area contributed by atoms with Crippen molar-refractivity contribution in [3.05, 3.63) is 76.0 Å². The number of fused-ring (bicyclic) bond motifs is 1. The normalized spacial score (nSPS) is 10.7. The van der Waals surface area contributed by atoms with Crippen LogP contribution in [-0.2, 0) is 22.6 Å². The molecule has 8 nitrogen and oxygen atoms in total. The smallest absolute Gasteiger partial charge is 0.359 e. The van der Waals surface area contributed by atoms with Gasteiger partial charge in [-0.2, -0.15) is 5.10 Å². The minimum Gasteiger partial charge on any atom is -0.451 e. The fraction of sp³-hybridized carbons (Fsp3) is 0.200. The number of ether oxygens (including phenoxy) is 1. The number of halogens is 1. The number of carbonyl (C=O) groups excluding carboxylic acids is 2. The molecular formula is C20H18FN3O5. The Morgan fingerprint density at radius 2 is 1.79 bits per heavy atom. The van der Waals surface area contributed by atoms with Gasteiger partial charge in [0.15, 0.2) is 12.3 Å². The van der Waals surface area contributed by atoms with Crippen LogP contribution in [0.5, 0.6) is 0 Å². The van der Waals surface area contributed by atoms with Gasteiger partial charge in [-0.15, -0.1) is 0 Å². The van der Waals surface area contributed by atoms with Gasteiger partial charge >= 0.3 is 5.97 Å². The lowest BCUT2D eigenvalue weighted by molar-refractivity contribution is -0.124. The van der Waals surface area contributed by atoms with E-state index in [1.165, 1.54) is 24.3 Å². The maximum atomic E-state index is 12.9. The molecule has 0 aliphatic heterocycles. The topological polar surface area (TPSA) is 111 Å². The molecule has 3 aromatic rings. The largest absolute Gasteiger partial charge is 0.451 e. The first-order chi connectivity index (χ1) is 14.0. The molecule has 2 N–H and O–H groups in total. The van der Waals surface area contributed by atoms with E-state index in [0.717, 1.165) is 4.68 Å². The molecule has 2 aromatic carbocycles. The van der Waals surface area contributed by atoms with Crippen LogP contribution in [-0.4, -0.2) is 40.0 Å². The van der Waals surface area contributed by atoms with E-state index in [1.54, 1.807) is 24.3 Å². The van der Waals surface area contributed by atoms with Gasteiger partial charge in [-0.25, -0.2) is 13.9 Å². The number of amides is 1. The van der Waals surface area contributed by atoms with Crippen LogP contribution in [0, 0.1) is 5.82 Å². The molecule has 1 amide bonds. The highest BCUT2D eigenvalue weighted by Crippen LogP contribution is 2.14. The first-order valence-corrected chi connectivity index (χ1v) is 8.78. The van der Waals surface area contributed by atoms with E-state index in [4.69, 9.17) is 9.84 Å². The number of hydrogen-bond acceptors (Lipinski definition) is 6. The third-order valence-electron chi connectivity index (χ3n) is 4.11. The van der Waals surface area contributed by atoms with Gasteiger partial charge in [0, 0.05) is 11.9 Å². The molecule has 1 heterocycles. The molecular weight excluding hydrogens is 381 g/mol. The lowest BCUT2D eigenvalue weighted by Crippen LogP contribution is -2.30. The van der Waals surface area contributed by atoms with Crippen molar-refractivity contribution in [2.45, 2.75) is 13.1 Å². The summed E-state index contributed by atoms with van der Waals surface area (Å²) in [6, 6.07) is 12.0. The number of esters is 1. The maximum Gasteiger partial charge on any atom is 0.359 e. The molecule has 0 fully saturated rings. The molecule has 0 atom stereocenters. The summed E-state index contributed by atoms with van der Waals surface area (Å²) in [6.07, 6.45) is 0. The van der Waals surface area contributed by atoms with Gasteiger partial charge in [0.05, 0.1) is 18.5 Å². The molecule has 29 heavy (non-hydrogen) atoms. The van der Waals surface area contributed by atoms with Crippen LogP contribution in [0.4, 0.5) is 4.39 Å². The summed E-state index contributed by atoms with van der Waals surface area (Å²) in [6.45, 7) is -0.804. The SMILES string of the molecule is O=C(COC(=O)c1nn(CCO)c(=O)c2ccccc12)NCc1ccc(F)cc1. The summed E-state index contributed by atoms with van der Waals surface area (Å²) in [5.41, 5.74) is 0.123. The van der Waals surface area contributed by atoms with Crippen molar-refractivity contribution in [2.24, 2.45) is 0 Å². The van der Waals surface area contributed by atoms with Crippen molar-refractivity contribution in [3.63, 3.8) is 0 Å². The minimum atomic E-state index is -0.871. The lowest BCUT2D eigenvalue weighted by atomic mass is 10.1. The maximum absolute atomic E-state index is 12.9. The van der Waals surface area contributed by atoms with E-state index in [-0.39, 0.29) is 36.6 Å². The second-order valence-electron chi connectivity index (χ2n) is 6.13. The molecule has 150 valence electrons. The average Bonchev–Trinajstić information content (AvgIpc) is 2.73. The van der Waals surface area contributed by atoms with Crippen LogP contribution in [0.3, 0.4) is 0 Å². The number of aliphatic hydroxyl groups excluding tert-OH is 1. The predicted molar refractivity (Wildman–Crippen MR) is 102 cm³/mol. The standard InChI is InChI=1S/C20H18FN3O5/c21-14-7-5-13(6-8-14)11-22-17(26)12-29-20(28)18-15-3-1-2-4-16(15)19(27)24(23-18)9-10-25/h1-8,25H,9-12H2,(H,22,26). The zero-order valence-corrected chi connectivity index (χ0v) is 15.3. The summed E-state index contributed by atoms with van der Waals surface area (Å²) in [5, 5.41) is 16.2. The Morgan fingerprint density at radius 3 is 2.48 bits per heavy atom. The number of nitrogens with zero attached hydrogens (tertiary/aromatic N) is 2. The molecule has 0 saturated carbocycles. The van der Waals surface area contributed by atoms with Gasteiger partial charge in [0.2, 0.25) is 0 Å². The average molecular weight is 399 g/mol. The Bertz CT molecular complexity index is 1100. The molecule has 0 aliphatic rings. The summed E-state index contributed by atoms with van der Waals surface area (Å²) in [7, 11) is 0. The van der Waals surface area contributed by atoms with E-state index < -0.39 is 24.0 Å². The summed E-state index contributed by atoms with van der Waals surface area (Å²) in [4.78, 5) is 36.7.